The fraction of sp³-hybridized carbons (Fsp3) is 0.471. The highest BCUT2D eigenvalue weighted by Gasteiger charge is 2.26. The minimum Gasteiger partial charge on any atom is -0.298 e. The van der Waals surface area contributed by atoms with E-state index in [4.69, 9.17) is 9.94 Å². The van der Waals surface area contributed by atoms with Crippen molar-refractivity contribution in [3.05, 3.63) is 47.3 Å². The molecule has 0 N–H and O–H groups in total. The van der Waals surface area contributed by atoms with Crippen LogP contribution in [0.4, 0.5) is 0 Å². The zero-order valence-corrected chi connectivity index (χ0v) is 14.3. The van der Waals surface area contributed by atoms with E-state index in [1.165, 1.54) is 11.3 Å². The van der Waals surface area contributed by atoms with Gasteiger partial charge in [0.05, 0.1) is 36.0 Å². The number of para-hydroxylation sites is 1. The van der Waals surface area contributed by atoms with Crippen molar-refractivity contribution in [1.82, 2.24) is 14.8 Å². The molecule has 24 heavy (non-hydrogen) atoms. The van der Waals surface area contributed by atoms with Crippen LogP contribution < -0.4 is 0 Å². The van der Waals surface area contributed by atoms with Gasteiger partial charge in [-0.3, -0.25) is 4.84 Å². The minimum atomic E-state index is -2.99. The predicted molar refractivity (Wildman–Crippen MR) is 90.6 cm³/mol. The van der Waals surface area contributed by atoms with Crippen molar-refractivity contribution < 1.29 is 13.3 Å². The van der Waals surface area contributed by atoms with Gasteiger partial charge in [0.2, 0.25) is 0 Å². The van der Waals surface area contributed by atoms with E-state index in [0.717, 1.165) is 30.6 Å². The Morgan fingerprint density at radius 1 is 1.12 bits per heavy atom. The van der Waals surface area contributed by atoms with E-state index in [1.807, 2.05) is 22.9 Å². The summed E-state index contributed by atoms with van der Waals surface area (Å²) in [7, 11) is -2.99. The first-order valence-electron chi connectivity index (χ1n) is 8.36. The average molecular weight is 347 g/mol. The highest BCUT2D eigenvalue weighted by atomic mass is 32.2. The van der Waals surface area contributed by atoms with E-state index in [9.17, 15) is 8.42 Å². The first-order valence-corrected chi connectivity index (χ1v) is 10.2. The van der Waals surface area contributed by atoms with Crippen LogP contribution in [0.25, 0.3) is 5.69 Å². The number of fused-ring (bicyclic) bond motifs is 1. The molecule has 1 aromatic heterocycles. The van der Waals surface area contributed by atoms with E-state index >= 15 is 0 Å². The number of hydroxylamine groups is 2. The largest absolute Gasteiger partial charge is 0.298 e. The van der Waals surface area contributed by atoms with Crippen molar-refractivity contribution >= 4 is 9.84 Å². The lowest BCUT2D eigenvalue weighted by atomic mass is 10.2. The Labute approximate surface area is 141 Å². The predicted octanol–water partition coefficient (Wildman–Crippen LogP) is 1.52. The smallest absolute Gasteiger partial charge is 0.153 e. The standard InChI is InChI=1S/C17H21N3O3S/c21-24(22)11-9-19(23-10-12-24)13-16-15-7-4-8-17(15)20(18-16)14-5-2-1-3-6-14/h1-3,5-6H,4,7-13H2. The highest BCUT2D eigenvalue weighted by Crippen LogP contribution is 2.28. The van der Waals surface area contributed by atoms with Gasteiger partial charge in [0, 0.05) is 12.2 Å². The minimum absolute atomic E-state index is 0.0973. The third-order valence-electron chi connectivity index (χ3n) is 4.66. The van der Waals surface area contributed by atoms with Crippen molar-refractivity contribution in [3.63, 3.8) is 0 Å². The van der Waals surface area contributed by atoms with Gasteiger partial charge >= 0.3 is 0 Å². The van der Waals surface area contributed by atoms with Crippen LogP contribution in [0.2, 0.25) is 0 Å². The molecule has 0 atom stereocenters. The molecular formula is C17H21N3O3S. The van der Waals surface area contributed by atoms with E-state index in [0.29, 0.717) is 13.1 Å². The molecule has 0 unspecified atom stereocenters. The molecule has 128 valence electrons. The maximum atomic E-state index is 11.7. The van der Waals surface area contributed by atoms with Crippen molar-refractivity contribution in [2.75, 3.05) is 24.7 Å². The number of nitrogens with zero attached hydrogens (tertiary/aromatic N) is 3. The van der Waals surface area contributed by atoms with Crippen LogP contribution in [0.1, 0.15) is 23.4 Å². The van der Waals surface area contributed by atoms with Gasteiger partial charge in [0.25, 0.3) is 0 Å². The summed E-state index contributed by atoms with van der Waals surface area (Å²) in [5.74, 6) is 0.245. The fourth-order valence-electron chi connectivity index (χ4n) is 3.42. The molecule has 7 heteroatoms. The SMILES string of the molecule is O=S1(=O)CCON(Cc2nn(-c3ccccc3)c3c2CCC3)CC1. The molecule has 1 aliphatic heterocycles. The number of sulfone groups is 1. The van der Waals surface area contributed by atoms with Crippen molar-refractivity contribution in [1.29, 1.82) is 0 Å². The normalized spacial score (nSPS) is 20.7. The van der Waals surface area contributed by atoms with Gasteiger partial charge in [-0.2, -0.15) is 10.2 Å². The lowest BCUT2D eigenvalue weighted by molar-refractivity contribution is -0.155. The number of benzene rings is 1. The lowest BCUT2D eigenvalue weighted by Gasteiger charge is -2.17. The quantitative estimate of drug-likeness (QED) is 0.842. The van der Waals surface area contributed by atoms with E-state index in [-0.39, 0.29) is 18.1 Å². The molecule has 6 nitrogen and oxygen atoms in total. The zero-order valence-electron chi connectivity index (χ0n) is 13.5. The third-order valence-corrected chi connectivity index (χ3v) is 6.25. The van der Waals surface area contributed by atoms with Gasteiger partial charge in [-0.1, -0.05) is 18.2 Å². The second-order valence-corrected chi connectivity index (χ2v) is 8.63. The van der Waals surface area contributed by atoms with Crippen LogP contribution in [0.3, 0.4) is 0 Å². The van der Waals surface area contributed by atoms with E-state index < -0.39 is 9.84 Å². The van der Waals surface area contributed by atoms with Crippen molar-refractivity contribution in [3.8, 4) is 5.69 Å². The summed E-state index contributed by atoms with van der Waals surface area (Å²) >= 11 is 0. The molecule has 0 spiro atoms. The summed E-state index contributed by atoms with van der Waals surface area (Å²) in [4.78, 5) is 5.62. The lowest BCUT2D eigenvalue weighted by Crippen LogP contribution is -2.26. The summed E-state index contributed by atoms with van der Waals surface area (Å²) in [5, 5.41) is 6.56. The van der Waals surface area contributed by atoms with Crippen LogP contribution in [-0.2, 0) is 34.1 Å². The Morgan fingerprint density at radius 3 is 2.79 bits per heavy atom. The van der Waals surface area contributed by atoms with E-state index in [1.54, 1.807) is 5.06 Å². The van der Waals surface area contributed by atoms with E-state index in [2.05, 4.69) is 12.1 Å². The third kappa shape index (κ3) is 3.11. The summed E-state index contributed by atoms with van der Waals surface area (Å²) in [6.45, 7) is 1.16. The van der Waals surface area contributed by atoms with Gasteiger partial charge in [-0.25, -0.2) is 13.1 Å². The molecule has 0 amide bonds. The van der Waals surface area contributed by atoms with Gasteiger partial charge < -0.3 is 0 Å². The maximum absolute atomic E-state index is 11.7. The molecule has 0 saturated carbocycles. The Bertz CT molecular complexity index is 830. The van der Waals surface area contributed by atoms with Crippen molar-refractivity contribution in [2.45, 2.75) is 25.8 Å². The summed E-state index contributed by atoms with van der Waals surface area (Å²) in [6.07, 6.45) is 3.21. The van der Waals surface area contributed by atoms with Gasteiger partial charge in [0.15, 0.2) is 9.84 Å². The fourth-order valence-corrected chi connectivity index (χ4v) is 4.43. The topological polar surface area (TPSA) is 64.4 Å². The number of aromatic nitrogens is 2. The van der Waals surface area contributed by atoms with Gasteiger partial charge in [-0.15, -0.1) is 0 Å². The number of hydrogen-bond donors (Lipinski definition) is 0. The second kappa shape index (κ2) is 6.31. The summed E-state index contributed by atoms with van der Waals surface area (Å²) in [6, 6.07) is 10.1. The Balaban J connectivity index is 1.60. The van der Waals surface area contributed by atoms with Crippen LogP contribution >= 0.6 is 0 Å². The number of hydrogen-bond acceptors (Lipinski definition) is 5. The molecule has 0 bridgehead atoms. The molecule has 2 heterocycles. The molecule has 4 rings (SSSR count). The molecule has 1 aromatic carbocycles. The highest BCUT2D eigenvalue weighted by molar-refractivity contribution is 7.91. The van der Waals surface area contributed by atoms with Crippen LogP contribution in [0.15, 0.2) is 30.3 Å². The average Bonchev–Trinajstić information content (AvgIpc) is 3.12. The van der Waals surface area contributed by atoms with Crippen molar-refractivity contribution in [2.24, 2.45) is 0 Å². The molecule has 1 saturated heterocycles. The molecule has 0 radical (unpaired) electrons. The Hall–Kier alpha value is -1.70. The van der Waals surface area contributed by atoms with Gasteiger partial charge in [0.1, 0.15) is 0 Å². The maximum Gasteiger partial charge on any atom is 0.153 e. The zero-order chi connectivity index (χ0) is 16.6. The number of rotatable bonds is 3. The van der Waals surface area contributed by atoms with Crippen LogP contribution in [0.5, 0.6) is 0 Å². The Morgan fingerprint density at radius 2 is 1.96 bits per heavy atom. The molecular weight excluding hydrogens is 326 g/mol. The molecule has 2 aliphatic rings. The summed E-state index contributed by atoms with van der Waals surface area (Å²) in [5.41, 5.74) is 4.65. The van der Waals surface area contributed by atoms with Gasteiger partial charge in [-0.05, 0) is 37.0 Å². The molecule has 1 aliphatic carbocycles. The van der Waals surface area contributed by atoms with Crippen LogP contribution in [-0.4, -0.2) is 47.9 Å². The monoisotopic (exact) mass is 347 g/mol. The molecule has 2 aromatic rings. The Kier molecular flexibility index (Phi) is 4.15. The first-order chi connectivity index (χ1) is 11.6. The molecule has 1 fully saturated rings. The first kappa shape index (κ1) is 15.8. The van der Waals surface area contributed by atoms with Crippen LogP contribution in [0, 0.1) is 0 Å². The summed E-state index contributed by atoms with van der Waals surface area (Å²) < 4.78 is 25.5. The second-order valence-electron chi connectivity index (χ2n) is 6.32.